The monoisotopic (exact) mass is 176 g/mol. The zero-order valence-electron chi connectivity index (χ0n) is 1.91. The summed E-state index contributed by atoms with van der Waals surface area (Å²) in [6, 6.07) is 0. The van der Waals surface area contributed by atoms with Crippen LogP contribution < -0.4 is 0 Å². The predicted octanol–water partition coefficient (Wildman–Crippen LogP) is -0.477. The van der Waals surface area contributed by atoms with Crippen molar-refractivity contribution in [3.63, 3.8) is 0 Å². The van der Waals surface area contributed by atoms with Gasteiger partial charge in [-0.15, -0.1) is 0 Å². The van der Waals surface area contributed by atoms with Crippen molar-refractivity contribution >= 4 is 0 Å². The van der Waals surface area contributed by atoms with Gasteiger partial charge in [0.1, 0.15) is 0 Å². The van der Waals surface area contributed by atoms with Gasteiger partial charge in [0, 0.05) is 0 Å². The van der Waals surface area contributed by atoms with Gasteiger partial charge in [-0.3, -0.25) is 0 Å². The molecule has 3 nitrogen and oxygen atoms in total. The van der Waals surface area contributed by atoms with Crippen molar-refractivity contribution in [3.05, 3.63) is 0 Å². The number of hydrogen-bond acceptors (Lipinski definition) is 3. The van der Waals surface area contributed by atoms with E-state index in [1.165, 1.54) is 0 Å². The van der Waals surface area contributed by atoms with Crippen molar-refractivity contribution in [1.29, 1.82) is 0 Å². The van der Waals surface area contributed by atoms with Crippen LogP contribution in [0.1, 0.15) is 0 Å². The predicted molar refractivity (Wildman–Crippen MR) is 4.56 cm³/mol. The van der Waals surface area contributed by atoms with Crippen LogP contribution in [-0.2, 0) is 36.8 Å². The van der Waals surface area contributed by atoms with Gasteiger partial charge in [0.25, 0.3) is 0 Å². The fourth-order valence-corrected chi connectivity index (χ4v) is 0. The third-order valence-corrected chi connectivity index (χ3v) is 0. The van der Waals surface area contributed by atoms with Crippen LogP contribution in [0.4, 0.5) is 0 Å². The van der Waals surface area contributed by atoms with Crippen LogP contribution in [0.25, 0.3) is 0 Å². The van der Waals surface area contributed by atoms with E-state index in [1.807, 2.05) is 0 Å². The minimum atomic E-state index is 0. The van der Waals surface area contributed by atoms with Gasteiger partial charge in [0.15, 0.2) is 0 Å². The van der Waals surface area contributed by atoms with Crippen molar-refractivity contribution in [3.8, 4) is 0 Å². The van der Waals surface area contributed by atoms with E-state index in [1.54, 1.807) is 0 Å². The van der Waals surface area contributed by atoms with Crippen LogP contribution in [0.15, 0.2) is 0 Å². The molecule has 1 radical (unpaired) electrons. The molecule has 0 aliphatic carbocycles. The van der Waals surface area contributed by atoms with Crippen LogP contribution in [-0.4, -0.2) is 11.0 Å². The summed E-state index contributed by atoms with van der Waals surface area (Å²) in [5, 5.41) is 0. The molecule has 0 saturated carbocycles. The van der Waals surface area contributed by atoms with E-state index in [4.69, 9.17) is 3.83 Å². The van der Waals surface area contributed by atoms with E-state index in [-0.39, 0.29) is 28.0 Å². The summed E-state index contributed by atoms with van der Waals surface area (Å²) < 4.78 is 7.81. The summed E-state index contributed by atoms with van der Waals surface area (Å²) in [7, 11) is 0. The second kappa shape index (κ2) is 117. The van der Waals surface area contributed by atoms with Gasteiger partial charge in [0.05, 0.1) is 0 Å². The van der Waals surface area contributed by atoms with E-state index < -0.39 is 0 Å². The molecule has 0 amide bonds. The molecule has 0 saturated heterocycles. The Bertz CT molecular complexity index is 4.85. The maximum atomic E-state index is 7.81. The molecule has 0 aromatic heterocycles. The van der Waals surface area contributed by atoms with Crippen LogP contribution in [0.2, 0.25) is 0 Å². The summed E-state index contributed by atoms with van der Waals surface area (Å²) in [5.74, 6) is 0. The first-order valence-electron chi connectivity index (χ1n) is 0.123. The fourth-order valence-electron chi connectivity index (χ4n) is 0. The van der Waals surface area contributed by atoms with Gasteiger partial charge in [0.2, 0.25) is 0 Å². The molecule has 2 N–H and O–H groups in total. The molecular formula is H2Cu2O3. The normalized spacial score (nSPS) is 1.20. The summed E-state index contributed by atoms with van der Waals surface area (Å²) >= 11 is 2.94. The zero-order chi connectivity index (χ0) is 2.00. The molecule has 0 spiro atoms. The van der Waals surface area contributed by atoms with Gasteiger partial charge < -0.3 is 11.0 Å². The van der Waals surface area contributed by atoms with Gasteiger partial charge in [-0.2, -0.15) is 0 Å². The summed E-state index contributed by atoms with van der Waals surface area (Å²) in [6.45, 7) is 0. The second-order valence-electron chi connectivity index (χ2n) is 0. The van der Waals surface area contributed by atoms with Crippen molar-refractivity contribution in [1.82, 2.24) is 0 Å². The van der Waals surface area contributed by atoms with Gasteiger partial charge in [-0.05, 0) is 0 Å². The van der Waals surface area contributed by atoms with E-state index >= 15 is 0 Å². The average Bonchev–Trinajstić information content (AvgIpc) is 1.00. The number of hydrogen-bond donors (Lipinski definition) is 0. The molecule has 0 aromatic carbocycles. The molecule has 0 aliphatic rings. The van der Waals surface area contributed by atoms with Gasteiger partial charge in [-0.1, -0.05) is 0 Å². The van der Waals surface area contributed by atoms with Crippen LogP contribution in [0.3, 0.4) is 0 Å². The Kier molecular flexibility index (Phi) is 984. The fraction of sp³-hybridized carbons (Fsp3) is 0. The van der Waals surface area contributed by atoms with Crippen LogP contribution >= 0.6 is 0 Å². The third-order valence-electron chi connectivity index (χ3n) is 0. The van der Waals surface area contributed by atoms with Gasteiger partial charge in [-0.25, -0.2) is 0 Å². The second-order valence-corrected chi connectivity index (χ2v) is 0. The van der Waals surface area contributed by atoms with Crippen molar-refractivity contribution in [2.24, 2.45) is 0 Å². The molecule has 0 heterocycles. The Balaban J connectivity index is -0.00000000167. The molecule has 5 heavy (non-hydrogen) atoms. The first-order valence-corrected chi connectivity index (χ1v) is 0.508. The molecule has 0 aliphatic heterocycles. The Hall–Kier alpha value is 0.759. The van der Waals surface area contributed by atoms with E-state index in [9.17, 15) is 0 Å². The standard InChI is InChI=1S/2Cu.2H2O.O/h;;2*1H2;/q;+2;;;/p-2. The summed E-state index contributed by atoms with van der Waals surface area (Å²) in [6.07, 6.45) is 0. The first kappa shape index (κ1) is 42.2. The Morgan fingerprint density at radius 2 is 1.00 bits per heavy atom. The van der Waals surface area contributed by atoms with E-state index in [0.717, 1.165) is 0 Å². The molecule has 0 unspecified atom stereocenters. The Morgan fingerprint density at radius 1 is 1.00 bits per heavy atom. The van der Waals surface area contributed by atoms with E-state index in [0.29, 0.717) is 0 Å². The molecule has 5 heteroatoms. The number of rotatable bonds is 0. The third kappa shape index (κ3) is 62.9. The maximum absolute atomic E-state index is 7.81. The quantitative estimate of drug-likeness (QED) is 0.469. The molecule has 0 fully saturated rings. The van der Waals surface area contributed by atoms with Crippen molar-refractivity contribution < 1.29 is 47.8 Å². The first-order chi connectivity index (χ1) is 1.00. The minimum absolute atomic E-state index is 0. The molecule has 0 rings (SSSR count). The molecule has 0 bridgehead atoms. The molecule has 0 aromatic rings. The van der Waals surface area contributed by atoms with Gasteiger partial charge >= 0.3 is 36.8 Å². The zero-order valence-corrected chi connectivity index (χ0v) is 3.79. The summed E-state index contributed by atoms with van der Waals surface area (Å²) in [4.78, 5) is 0. The molecular weight excluding hydrogens is 175 g/mol. The van der Waals surface area contributed by atoms with Crippen LogP contribution in [0, 0.1) is 0 Å². The topological polar surface area (TPSA) is 77.1 Å². The van der Waals surface area contributed by atoms with Crippen LogP contribution in [0.5, 0.6) is 0 Å². The Labute approximate surface area is 48.2 Å². The SMILES string of the molecule is [Cu+2].[OH-].[OH-].[O]=[Cu]. The average molecular weight is 177 g/mol. The molecule has 0 atom stereocenters. The summed E-state index contributed by atoms with van der Waals surface area (Å²) in [5.41, 5.74) is 0. The van der Waals surface area contributed by atoms with E-state index in [2.05, 4.69) is 15.9 Å². The Morgan fingerprint density at radius 3 is 1.00 bits per heavy atom. The van der Waals surface area contributed by atoms with Crippen molar-refractivity contribution in [2.45, 2.75) is 0 Å². The molecule has 42 valence electrons. The van der Waals surface area contributed by atoms with Crippen molar-refractivity contribution in [2.75, 3.05) is 0 Å².